The van der Waals surface area contributed by atoms with E-state index in [1.54, 1.807) is 35.3 Å². The van der Waals surface area contributed by atoms with Gasteiger partial charge < -0.3 is 15.4 Å². The van der Waals surface area contributed by atoms with Gasteiger partial charge in [-0.15, -0.1) is 0 Å². The fourth-order valence-electron chi connectivity index (χ4n) is 3.85. The second-order valence-corrected chi connectivity index (χ2v) is 7.94. The summed E-state index contributed by atoms with van der Waals surface area (Å²) in [5, 5.41) is 10.5. The van der Waals surface area contributed by atoms with E-state index in [4.69, 9.17) is 4.74 Å². The molecule has 1 aliphatic heterocycles. The average molecular weight is 442 g/mol. The van der Waals surface area contributed by atoms with Crippen molar-refractivity contribution in [2.24, 2.45) is 7.05 Å². The van der Waals surface area contributed by atoms with Crippen molar-refractivity contribution in [2.45, 2.75) is 19.4 Å². The number of hydrogen-bond donors (Lipinski definition) is 2. The van der Waals surface area contributed by atoms with E-state index >= 15 is 0 Å². The van der Waals surface area contributed by atoms with Crippen LogP contribution in [0.4, 0.5) is 11.5 Å². The van der Waals surface area contributed by atoms with Crippen LogP contribution in [0.5, 0.6) is 0 Å². The fourth-order valence-corrected chi connectivity index (χ4v) is 3.85. The maximum Gasteiger partial charge on any atom is 0.338 e. The summed E-state index contributed by atoms with van der Waals surface area (Å²) >= 11 is 0. The lowest BCUT2D eigenvalue weighted by molar-refractivity contribution is 0.0480. The maximum absolute atomic E-state index is 12.8. The monoisotopic (exact) mass is 442 g/mol. The average Bonchev–Trinajstić information content (AvgIpc) is 3.19. The van der Waals surface area contributed by atoms with Crippen molar-refractivity contribution in [3.63, 3.8) is 0 Å². The van der Waals surface area contributed by atoms with Gasteiger partial charge in [-0.05, 0) is 48.4 Å². The van der Waals surface area contributed by atoms with Crippen molar-refractivity contribution < 1.29 is 14.3 Å². The fraction of sp³-hybridized carbons (Fsp3) is 0.208. The molecule has 1 aliphatic rings. The van der Waals surface area contributed by atoms with E-state index in [2.05, 4.69) is 25.7 Å². The van der Waals surface area contributed by atoms with Gasteiger partial charge in [0.25, 0.3) is 5.91 Å². The molecule has 0 fully saturated rings. The summed E-state index contributed by atoms with van der Waals surface area (Å²) in [6.45, 7) is 2.35. The minimum absolute atomic E-state index is 0.0726. The summed E-state index contributed by atoms with van der Waals surface area (Å²) in [5.41, 5.74) is 4.94. The molecule has 0 saturated heterocycles. The zero-order valence-corrected chi connectivity index (χ0v) is 18.2. The molecule has 0 unspecified atom stereocenters. The first-order valence-corrected chi connectivity index (χ1v) is 10.6. The molecule has 9 heteroatoms. The highest BCUT2D eigenvalue weighted by atomic mass is 16.5. The van der Waals surface area contributed by atoms with Gasteiger partial charge in [0.05, 0.1) is 30.6 Å². The van der Waals surface area contributed by atoms with E-state index in [-0.39, 0.29) is 17.9 Å². The van der Waals surface area contributed by atoms with E-state index < -0.39 is 0 Å². The van der Waals surface area contributed by atoms with Gasteiger partial charge in [0.1, 0.15) is 11.3 Å². The Hall–Kier alpha value is -4.27. The SMILES string of the molecule is C[C@H](Nc1cnc2cnn(C)c2n1)c1cccc(NC(=O)c2ccc3c(c2)CCOC3=O)c1. The van der Waals surface area contributed by atoms with Crippen molar-refractivity contribution in [1.29, 1.82) is 0 Å². The van der Waals surface area contributed by atoms with Crippen LogP contribution in [0.1, 0.15) is 44.8 Å². The van der Waals surface area contributed by atoms with E-state index in [9.17, 15) is 9.59 Å². The summed E-state index contributed by atoms with van der Waals surface area (Å²) in [4.78, 5) is 33.6. The van der Waals surface area contributed by atoms with Crippen LogP contribution in [-0.4, -0.2) is 38.2 Å². The number of nitrogens with zero attached hydrogens (tertiary/aromatic N) is 4. The lowest BCUT2D eigenvalue weighted by atomic mass is 9.99. The van der Waals surface area contributed by atoms with Crippen LogP contribution in [0.2, 0.25) is 0 Å². The quantitative estimate of drug-likeness (QED) is 0.455. The smallest absolute Gasteiger partial charge is 0.338 e. The molecule has 166 valence electrons. The maximum atomic E-state index is 12.8. The molecule has 0 saturated carbocycles. The molecule has 2 aromatic carbocycles. The van der Waals surface area contributed by atoms with Crippen molar-refractivity contribution >= 4 is 34.5 Å². The summed E-state index contributed by atoms with van der Waals surface area (Å²) in [6, 6.07) is 12.6. The van der Waals surface area contributed by atoms with Gasteiger partial charge in [0.15, 0.2) is 5.65 Å². The first kappa shape index (κ1) is 20.6. The predicted molar refractivity (Wildman–Crippen MR) is 123 cm³/mol. The molecule has 0 bridgehead atoms. The topological polar surface area (TPSA) is 111 Å². The molecule has 9 nitrogen and oxygen atoms in total. The number of anilines is 2. The number of hydrogen-bond acceptors (Lipinski definition) is 7. The van der Waals surface area contributed by atoms with E-state index in [1.807, 2.05) is 38.2 Å². The minimum atomic E-state index is -0.343. The number of cyclic esters (lactones) is 1. The van der Waals surface area contributed by atoms with Crippen LogP contribution in [0.25, 0.3) is 11.2 Å². The highest BCUT2D eigenvalue weighted by molar-refractivity contribution is 6.05. The van der Waals surface area contributed by atoms with Crippen LogP contribution in [0.15, 0.2) is 54.9 Å². The summed E-state index contributed by atoms with van der Waals surface area (Å²) in [5.74, 6) is 0.0623. The van der Waals surface area contributed by atoms with Crippen LogP contribution < -0.4 is 10.6 Å². The third-order valence-corrected chi connectivity index (χ3v) is 5.64. The van der Waals surface area contributed by atoms with Crippen LogP contribution in [-0.2, 0) is 18.2 Å². The van der Waals surface area contributed by atoms with Crippen molar-refractivity contribution in [2.75, 3.05) is 17.2 Å². The molecular formula is C24H22N6O3. The zero-order chi connectivity index (χ0) is 22.9. The van der Waals surface area contributed by atoms with Gasteiger partial charge in [0, 0.05) is 24.7 Å². The molecule has 5 rings (SSSR count). The number of ether oxygens (including phenoxy) is 1. The van der Waals surface area contributed by atoms with Gasteiger partial charge in [-0.3, -0.25) is 4.79 Å². The van der Waals surface area contributed by atoms with Gasteiger partial charge in [-0.2, -0.15) is 5.10 Å². The highest BCUT2D eigenvalue weighted by Crippen LogP contribution is 2.23. The number of rotatable bonds is 5. The van der Waals surface area contributed by atoms with Gasteiger partial charge in [-0.25, -0.2) is 19.4 Å². The Kier molecular flexibility index (Phi) is 5.21. The molecule has 0 spiro atoms. The molecule has 2 N–H and O–H groups in total. The predicted octanol–water partition coefficient (Wildman–Crippen LogP) is 3.50. The summed E-state index contributed by atoms with van der Waals surface area (Å²) in [7, 11) is 1.82. The van der Waals surface area contributed by atoms with Gasteiger partial charge in [-0.1, -0.05) is 12.1 Å². The molecule has 1 atom stereocenters. The Bertz CT molecular complexity index is 1380. The Balaban J connectivity index is 1.30. The van der Waals surface area contributed by atoms with E-state index in [1.165, 1.54) is 0 Å². The number of aryl methyl sites for hydroxylation is 1. The first-order chi connectivity index (χ1) is 16.0. The molecule has 2 aromatic heterocycles. The third-order valence-electron chi connectivity index (χ3n) is 5.64. The molecule has 0 radical (unpaired) electrons. The number of fused-ring (bicyclic) bond motifs is 2. The zero-order valence-electron chi connectivity index (χ0n) is 18.2. The number of amides is 1. The second-order valence-electron chi connectivity index (χ2n) is 7.94. The number of carbonyl (C=O) groups is 2. The Morgan fingerprint density at radius 2 is 2.06 bits per heavy atom. The Morgan fingerprint density at radius 3 is 2.94 bits per heavy atom. The highest BCUT2D eigenvalue weighted by Gasteiger charge is 2.20. The number of nitrogens with one attached hydrogen (secondary N) is 2. The largest absolute Gasteiger partial charge is 0.462 e. The standard InChI is InChI=1S/C24H22N6O3/c1-14(27-21-13-25-20-12-26-30(2)22(20)29-21)15-4-3-5-18(11-15)28-23(31)17-6-7-19-16(10-17)8-9-33-24(19)32/h3-7,10-14H,8-9H2,1-2H3,(H,27,29)(H,28,31)/t14-/m0/s1. The Labute approximate surface area is 189 Å². The van der Waals surface area contributed by atoms with Gasteiger partial charge >= 0.3 is 5.97 Å². The van der Waals surface area contributed by atoms with Crippen molar-refractivity contribution in [3.05, 3.63) is 77.1 Å². The number of benzene rings is 2. The molecule has 33 heavy (non-hydrogen) atoms. The van der Waals surface area contributed by atoms with Crippen molar-refractivity contribution in [1.82, 2.24) is 19.7 Å². The normalized spacial score (nSPS) is 13.8. The molecule has 0 aliphatic carbocycles. The Morgan fingerprint density at radius 1 is 1.18 bits per heavy atom. The minimum Gasteiger partial charge on any atom is -0.462 e. The first-order valence-electron chi connectivity index (χ1n) is 10.6. The van der Waals surface area contributed by atoms with Crippen LogP contribution in [0.3, 0.4) is 0 Å². The van der Waals surface area contributed by atoms with E-state index in [0.717, 1.165) is 16.6 Å². The lowest BCUT2D eigenvalue weighted by Gasteiger charge is -2.17. The van der Waals surface area contributed by atoms with Crippen LogP contribution in [0, 0.1) is 0 Å². The molecule has 3 heterocycles. The van der Waals surface area contributed by atoms with Crippen molar-refractivity contribution in [3.8, 4) is 0 Å². The summed E-state index contributed by atoms with van der Waals surface area (Å²) in [6.07, 6.45) is 3.96. The second kappa shape index (κ2) is 8.34. The molecular weight excluding hydrogens is 420 g/mol. The lowest BCUT2D eigenvalue weighted by Crippen LogP contribution is -2.19. The molecule has 4 aromatic rings. The molecule has 1 amide bonds. The number of carbonyl (C=O) groups excluding carboxylic acids is 2. The van der Waals surface area contributed by atoms with Gasteiger partial charge in [0.2, 0.25) is 0 Å². The summed E-state index contributed by atoms with van der Waals surface area (Å²) < 4.78 is 6.72. The van der Waals surface area contributed by atoms with E-state index in [0.29, 0.717) is 41.3 Å². The third kappa shape index (κ3) is 4.12. The number of esters is 1. The number of aromatic nitrogens is 4. The van der Waals surface area contributed by atoms with Crippen LogP contribution >= 0.6 is 0 Å².